The summed E-state index contributed by atoms with van der Waals surface area (Å²) in [4.78, 5) is 10.5. The number of terminal acetylenes is 1. The first kappa shape index (κ1) is 17.7. The lowest BCUT2D eigenvalue weighted by Gasteiger charge is -2.07. The Kier molecular flexibility index (Phi) is 4.90. The highest BCUT2D eigenvalue weighted by atomic mass is 32.1. The van der Waals surface area contributed by atoms with Gasteiger partial charge in [-0.25, -0.2) is 9.97 Å². The van der Waals surface area contributed by atoms with Gasteiger partial charge in [-0.05, 0) is 25.0 Å². The van der Waals surface area contributed by atoms with E-state index in [1.807, 2.05) is 18.2 Å². The van der Waals surface area contributed by atoms with Gasteiger partial charge in [0.05, 0.1) is 16.5 Å². The molecule has 4 N–H and O–H groups in total. The molecule has 8 heteroatoms. The largest absolute Gasteiger partial charge is 0.396 e. The average molecular weight is 381 g/mol. The van der Waals surface area contributed by atoms with Crippen LogP contribution in [0.25, 0.3) is 10.7 Å². The summed E-state index contributed by atoms with van der Waals surface area (Å²) in [6.45, 7) is -0.0671. The van der Waals surface area contributed by atoms with Crippen molar-refractivity contribution in [3.63, 3.8) is 0 Å². The van der Waals surface area contributed by atoms with Crippen molar-refractivity contribution in [2.45, 2.75) is 31.3 Å². The second-order valence-corrected chi connectivity index (χ2v) is 7.55. The number of thiophene rings is 1. The van der Waals surface area contributed by atoms with Gasteiger partial charge >= 0.3 is 0 Å². The van der Waals surface area contributed by atoms with E-state index >= 15 is 0 Å². The zero-order chi connectivity index (χ0) is 18.8. The predicted octanol–water partition coefficient (Wildman–Crippen LogP) is 2.95. The second kappa shape index (κ2) is 7.48. The summed E-state index contributed by atoms with van der Waals surface area (Å²) >= 11 is 1.39. The molecule has 3 aromatic heterocycles. The zero-order valence-corrected chi connectivity index (χ0v) is 15.3. The van der Waals surface area contributed by atoms with Gasteiger partial charge in [0.1, 0.15) is 0 Å². The molecule has 1 aliphatic carbocycles. The first-order chi connectivity index (χ1) is 13.2. The Hall–Kier alpha value is -2.73. The lowest BCUT2D eigenvalue weighted by atomic mass is 10.2. The van der Waals surface area contributed by atoms with Crippen LogP contribution in [0, 0.1) is 12.3 Å². The van der Waals surface area contributed by atoms with E-state index in [1.54, 1.807) is 6.20 Å². The van der Waals surface area contributed by atoms with Crippen LogP contribution >= 0.6 is 11.3 Å². The second-order valence-electron chi connectivity index (χ2n) is 6.44. The number of nitrogens with zero attached hydrogens (tertiary/aromatic N) is 3. The first-order valence-electron chi connectivity index (χ1n) is 8.73. The van der Waals surface area contributed by atoms with E-state index in [2.05, 4.69) is 31.4 Å². The monoisotopic (exact) mass is 381 g/mol. The van der Waals surface area contributed by atoms with Gasteiger partial charge in [-0.3, -0.25) is 5.10 Å². The maximum atomic E-state index is 10.0. The van der Waals surface area contributed by atoms with Gasteiger partial charge in [0, 0.05) is 41.8 Å². The molecule has 0 amide bonds. The van der Waals surface area contributed by atoms with Gasteiger partial charge in [-0.15, -0.1) is 17.8 Å². The minimum absolute atomic E-state index is 0.0671. The molecule has 1 saturated carbocycles. The molecule has 0 saturated heterocycles. The number of hydrogen-bond acceptors (Lipinski definition) is 7. The zero-order valence-electron chi connectivity index (χ0n) is 14.5. The molecular weight excluding hydrogens is 362 g/mol. The molecule has 0 bridgehead atoms. The van der Waals surface area contributed by atoms with Crippen LogP contribution < -0.4 is 5.32 Å². The van der Waals surface area contributed by atoms with Crippen LogP contribution in [-0.4, -0.2) is 37.0 Å². The molecule has 1 unspecified atom stereocenters. The van der Waals surface area contributed by atoms with Crippen molar-refractivity contribution >= 4 is 23.0 Å². The third kappa shape index (κ3) is 3.85. The SMILES string of the molecule is C#Cc1cnc(-c2ccc(C(O)CCO)s2)nc1Nc1cc(C2CC2)[nH]n1. The van der Waals surface area contributed by atoms with E-state index in [9.17, 15) is 5.11 Å². The number of hydrogen-bond donors (Lipinski definition) is 4. The van der Waals surface area contributed by atoms with E-state index in [4.69, 9.17) is 11.5 Å². The number of nitrogens with one attached hydrogen (secondary N) is 2. The lowest BCUT2D eigenvalue weighted by Crippen LogP contribution is -2.00. The molecule has 1 fully saturated rings. The smallest absolute Gasteiger partial charge is 0.171 e. The minimum atomic E-state index is -0.693. The Morgan fingerprint density at radius 1 is 1.41 bits per heavy atom. The van der Waals surface area contributed by atoms with E-state index in [0.717, 1.165) is 15.4 Å². The van der Waals surface area contributed by atoms with Crippen LogP contribution in [0.2, 0.25) is 0 Å². The summed E-state index contributed by atoms with van der Waals surface area (Å²) in [7, 11) is 0. The van der Waals surface area contributed by atoms with E-state index in [-0.39, 0.29) is 6.61 Å². The topological polar surface area (TPSA) is 107 Å². The van der Waals surface area contributed by atoms with Gasteiger partial charge in [-0.1, -0.05) is 5.92 Å². The van der Waals surface area contributed by atoms with Crippen LogP contribution in [0.4, 0.5) is 11.6 Å². The van der Waals surface area contributed by atoms with Crippen molar-refractivity contribution < 1.29 is 10.2 Å². The molecule has 27 heavy (non-hydrogen) atoms. The maximum Gasteiger partial charge on any atom is 0.171 e. The number of aromatic nitrogens is 4. The predicted molar refractivity (Wildman–Crippen MR) is 104 cm³/mol. The normalized spacial score (nSPS) is 14.7. The quantitative estimate of drug-likeness (QED) is 0.469. The van der Waals surface area contributed by atoms with Gasteiger partial charge < -0.3 is 15.5 Å². The molecule has 0 aromatic carbocycles. The summed E-state index contributed by atoms with van der Waals surface area (Å²) < 4.78 is 0. The molecule has 1 aliphatic rings. The standard InChI is InChI=1S/C19H19N5O2S/c1-2-11-10-20-19(16-6-5-15(27-16)14(26)7-8-25)22-18(11)21-17-9-13(23-24-17)12-3-4-12/h1,5-6,9-10,12,14,25-26H,3-4,7-8H2,(H2,20,21,22,23,24). The fraction of sp³-hybridized carbons (Fsp3) is 0.316. The molecular formula is C19H19N5O2S. The van der Waals surface area contributed by atoms with Crippen molar-refractivity contribution in [3.05, 3.63) is 40.5 Å². The van der Waals surface area contributed by atoms with Crippen LogP contribution in [0.5, 0.6) is 0 Å². The Bertz CT molecular complexity index is 986. The molecule has 3 heterocycles. The Morgan fingerprint density at radius 2 is 2.26 bits per heavy atom. The first-order valence-corrected chi connectivity index (χ1v) is 9.54. The average Bonchev–Trinajstić information content (AvgIpc) is 3.22. The lowest BCUT2D eigenvalue weighted by molar-refractivity contribution is 0.137. The Morgan fingerprint density at radius 3 is 3.00 bits per heavy atom. The molecule has 1 atom stereocenters. The van der Waals surface area contributed by atoms with Gasteiger partial charge in [0.2, 0.25) is 0 Å². The van der Waals surface area contributed by atoms with E-state index in [1.165, 1.54) is 24.2 Å². The Balaban J connectivity index is 1.59. The molecule has 4 rings (SSSR count). The van der Waals surface area contributed by atoms with E-state index in [0.29, 0.717) is 35.4 Å². The molecule has 0 aliphatic heterocycles. The molecule has 0 spiro atoms. The summed E-state index contributed by atoms with van der Waals surface area (Å²) in [6.07, 6.45) is 9.17. The van der Waals surface area contributed by atoms with Crippen LogP contribution in [-0.2, 0) is 0 Å². The fourth-order valence-electron chi connectivity index (χ4n) is 2.74. The summed E-state index contributed by atoms with van der Waals surface area (Å²) in [5.41, 5.74) is 1.67. The number of aliphatic hydroxyl groups excluding tert-OH is 2. The van der Waals surface area contributed by atoms with Crippen LogP contribution in [0.1, 0.15) is 47.4 Å². The molecule has 138 valence electrons. The third-order valence-corrected chi connectivity index (χ3v) is 5.57. The van der Waals surface area contributed by atoms with Crippen molar-refractivity contribution in [2.24, 2.45) is 0 Å². The summed E-state index contributed by atoms with van der Waals surface area (Å²) in [6, 6.07) is 5.66. The van der Waals surface area contributed by atoms with Gasteiger partial charge in [0.15, 0.2) is 17.5 Å². The van der Waals surface area contributed by atoms with Crippen molar-refractivity contribution in [1.29, 1.82) is 0 Å². The highest BCUT2D eigenvalue weighted by Gasteiger charge is 2.25. The summed E-state index contributed by atoms with van der Waals surface area (Å²) in [5, 5.41) is 29.5. The number of aliphatic hydroxyl groups is 2. The van der Waals surface area contributed by atoms with Crippen molar-refractivity contribution in [1.82, 2.24) is 20.2 Å². The van der Waals surface area contributed by atoms with E-state index < -0.39 is 6.10 Å². The number of aromatic amines is 1. The molecule has 3 aromatic rings. The van der Waals surface area contributed by atoms with Crippen molar-refractivity contribution in [3.8, 4) is 23.0 Å². The number of H-pyrrole nitrogens is 1. The van der Waals surface area contributed by atoms with Gasteiger partial charge in [-0.2, -0.15) is 5.10 Å². The van der Waals surface area contributed by atoms with Gasteiger partial charge in [0.25, 0.3) is 0 Å². The highest BCUT2D eigenvalue weighted by Crippen LogP contribution is 2.39. The highest BCUT2D eigenvalue weighted by molar-refractivity contribution is 7.15. The number of rotatable bonds is 7. The van der Waals surface area contributed by atoms with Crippen LogP contribution in [0.15, 0.2) is 24.4 Å². The maximum absolute atomic E-state index is 10.0. The summed E-state index contributed by atoms with van der Waals surface area (Å²) in [5.74, 6) is 4.87. The number of anilines is 2. The van der Waals surface area contributed by atoms with Crippen LogP contribution in [0.3, 0.4) is 0 Å². The fourth-order valence-corrected chi connectivity index (χ4v) is 3.71. The Labute approximate surface area is 160 Å². The van der Waals surface area contributed by atoms with Crippen molar-refractivity contribution in [2.75, 3.05) is 11.9 Å². The molecule has 0 radical (unpaired) electrons. The minimum Gasteiger partial charge on any atom is -0.396 e. The molecule has 7 nitrogen and oxygen atoms in total. The third-order valence-electron chi connectivity index (χ3n) is 4.38.